The Labute approximate surface area is 148 Å². The Morgan fingerprint density at radius 1 is 1.28 bits per heavy atom. The van der Waals surface area contributed by atoms with E-state index in [1.54, 1.807) is 6.20 Å². The van der Waals surface area contributed by atoms with Gasteiger partial charge in [0.05, 0.1) is 5.69 Å². The van der Waals surface area contributed by atoms with E-state index in [4.69, 9.17) is 10.5 Å². The first-order valence-electron chi connectivity index (χ1n) is 8.84. The second kappa shape index (κ2) is 8.12. The number of nitrogens with two attached hydrogens (primary N) is 1. The molecule has 1 aliphatic heterocycles. The van der Waals surface area contributed by atoms with Gasteiger partial charge in [-0.25, -0.2) is 0 Å². The zero-order valence-electron chi connectivity index (χ0n) is 14.6. The maximum Gasteiger partial charge on any atom is 0.254 e. The van der Waals surface area contributed by atoms with Crippen LogP contribution < -0.4 is 10.5 Å². The first kappa shape index (κ1) is 17.4. The Morgan fingerprint density at radius 3 is 2.76 bits per heavy atom. The van der Waals surface area contributed by atoms with Crippen molar-refractivity contribution in [2.24, 2.45) is 5.73 Å². The number of pyridine rings is 1. The quantitative estimate of drug-likeness (QED) is 0.909. The molecule has 5 heteroatoms. The fourth-order valence-electron chi connectivity index (χ4n) is 3.26. The molecule has 1 aromatic carbocycles. The van der Waals surface area contributed by atoms with Crippen LogP contribution in [0.5, 0.6) is 5.75 Å². The van der Waals surface area contributed by atoms with Crippen molar-refractivity contribution in [1.29, 1.82) is 0 Å². The van der Waals surface area contributed by atoms with Crippen LogP contribution in [-0.4, -0.2) is 34.4 Å². The zero-order valence-corrected chi connectivity index (χ0v) is 14.6. The van der Waals surface area contributed by atoms with Crippen molar-refractivity contribution < 1.29 is 9.53 Å². The molecule has 2 N–H and O–H groups in total. The van der Waals surface area contributed by atoms with E-state index in [0.717, 1.165) is 37.3 Å². The third-order valence-electron chi connectivity index (χ3n) is 4.63. The number of carbonyl (C=O) groups is 1. The van der Waals surface area contributed by atoms with E-state index in [0.29, 0.717) is 12.2 Å². The summed E-state index contributed by atoms with van der Waals surface area (Å²) < 4.78 is 5.72. The van der Waals surface area contributed by atoms with Crippen LogP contribution in [0.4, 0.5) is 0 Å². The summed E-state index contributed by atoms with van der Waals surface area (Å²) in [5.74, 6) is 0.780. The second-order valence-electron chi connectivity index (χ2n) is 6.55. The normalized spacial score (nSPS) is 18.6. The van der Waals surface area contributed by atoms with E-state index in [1.807, 2.05) is 54.3 Å². The first-order valence-corrected chi connectivity index (χ1v) is 8.84. The molecule has 5 nitrogen and oxygen atoms in total. The van der Waals surface area contributed by atoms with Crippen LogP contribution in [0.3, 0.4) is 0 Å². The first-order chi connectivity index (χ1) is 12.1. The van der Waals surface area contributed by atoms with Crippen molar-refractivity contribution in [2.75, 3.05) is 6.54 Å². The van der Waals surface area contributed by atoms with Crippen LogP contribution in [0, 0.1) is 0 Å². The molecule has 2 atom stereocenters. The Bertz CT molecular complexity index is 686. The van der Waals surface area contributed by atoms with Crippen LogP contribution >= 0.6 is 0 Å². The van der Waals surface area contributed by atoms with Gasteiger partial charge >= 0.3 is 0 Å². The molecule has 0 unspecified atom stereocenters. The minimum Gasteiger partial charge on any atom is -0.487 e. The summed E-state index contributed by atoms with van der Waals surface area (Å²) in [4.78, 5) is 19.0. The molecule has 3 rings (SSSR count). The molecule has 0 aliphatic carbocycles. The Kier molecular flexibility index (Phi) is 5.66. The maximum absolute atomic E-state index is 12.8. The smallest absolute Gasteiger partial charge is 0.254 e. The van der Waals surface area contributed by atoms with Gasteiger partial charge in [0.1, 0.15) is 12.4 Å². The number of amides is 1. The zero-order chi connectivity index (χ0) is 17.6. The van der Waals surface area contributed by atoms with Crippen LogP contribution in [-0.2, 0) is 6.61 Å². The standard InChI is InChI=1S/C20H25N3O2/c1-15(21)19-7-3-5-13-23(19)20(24)16-8-10-18(11-9-16)25-14-17-6-2-4-12-22-17/h2,4,6,8-12,15,19H,3,5,7,13-14,21H2,1H3/t15-,19-/m1/s1. The van der Waals surface area contributed by atoms with Crippen LogP contribution in [0.15, 0.2) is 48.7 Å². The van der Waals surface area contributed by atoms with Gasteiger partial charge in [0.15, 0.2) is 0 Å². The predicted molar refractivity (Wildman–Crippen MR) is 97.3 cm³/mol. The fourth-order valence-corrected chi connectivity index (χ4v) is 3.26. The SMILES string of the molecule is C[C@@H](N)[C@H]1CCCCN1C(=O)c1ccc(OCc2ccccn2)cc1. The molecule has 1 aliphatic rings. The average Bonchev–Trinajstić information content (AvgIpc) is 2.67. The highest BCUT2D eigenvalue weighted by Gasteiger charge is 2.29. The number of likely N-dealkylation sites (tertiary alicyclic amines) is 1. The minimum absolute atomic E-state index is 0.00905. The lowest BCUT2D eigenvalue weighted by Gasteiger charge is -2.38. The summed E-state index contributed by atoms with van der Waals surface area (Å²) >= 11 is 0. The van der Waals surface area contributed by atoms with Gasteiger partial charge in [-0.3, -0.25) is 9.78 Å². The molecule has 132 valence electrons. The summed E-state index contributed by atoms with van der Waals surface area (Å²) in [6.07, 6.45) is 4.90. The lowest BCUT2D eigenvalue weighted by atomic mass is 9.96. The number of hydrogen-bond donors (Lipinski definition) is 1. The van der Waals surface area contributed by atoms with E-state index in [-0.39, 0.29) is 18.0 Å². The van der Waals surface area contributed by atoms with Crippen LogP contribution in [0.2, 0.25) is 0 Å². The molecule has 1 fully saturated rings. The molecular weight excluding hydrogens is 314 g/mol. The number of piperidine rings is 1. The van der Waals surface area contributed by atoms with E-state index in [2.05, 4.69) is 4.98 Å². The van der Waals surface area contributed by atoms with Crippen molar-refractivity contribution >= 4 is 5.91 Å². The lowest BCUT2D eigenvalue weighted by Crippen LogP contribution is -2.51. The Morgan fingerprint density at radius 2 is 2.08 bits per heavy atom. The number of hydrogen-bond acceptors (Lipinski definition) is 4. The van der Waals surface area contributed by atoms with Gasteiger partial charge in [0.2, 0.25) is 0 Å². The Hall–Kier alpha value is -2.40. The second-order valence-corrected chi connectivity index (χ2v) is 6.55. The van der Waals surface area contributed by atoms with Crippen molar-refractivity contribution in [1.82, 2.24) is 9.88 Å². The molecule has 1 saturated heterocycles. The summed E-state index contributed by atoms with van der Waals surface area (Å²) in [5.41, 5.74) is 7.62. The molecule has 2 heterocycles. The van der Waals surface area contributed by atoms with Crippen molar-refractivity contribution in [2.45, 2.75) is 44.9 Å². The molecule has 1 amide bonds. The molecule has 0 bridgehead atoms. The molecule has 1 aromatic heterocycles. The van der Waals surface area contributed by atoms with E-state index in [9.17, 15) is 4.79 Å². The molecule has 25 heavy (non-hydrogen) atoms. The minimum atomic E-state index is -0.00905. The summed E-state index contributed by atoms with van der Waals surface area (Å²) in [5, 5.41) is 0. The topological polar surface area (TPSA) is 68.5 Å². The third kappa shape index (κ3) is 4.37. The number of rotatable bonds is 5. The highest BCUT2D eigenvalue weighted by atomic mass is 16.5. The van der Waals surface area contributed by atoms with Crippen molar-refractivity contribution in [3.8, 4) is 5.75 Å². The van der Waals surface area contributed by atoms with Gasteiger partial charge in [0.25, 0.3) is 5.91 Å². The van der Waals surface area contributed by atoms with E-state index < -0.39 is 0 Å². The average molecular weight is 339 g/mol. The molecule has 2 aromatic rings. The largest absolute Gasteiger partial charge is 0.487 e. The van der Waals surface area contributed by atoms with E-state index >= 15 is 0 Å². The van der Waals surface area contributed by atoms with Crippen molar-refractivity contribution in [3.63, 3.8) is 0 Å². The van der Waals surface area contributed by atoms with Crippen LogP contribution in [0.25, 0.3) is 0 Å². The monoisotopic (exact) mass is 339 g/mol. The Balaban J connectivity index is 1.64. The number of ether oxygens (including phenoxy) is 1. The maximum atomic E-state index is 12.8. The van der Waals surface area contributed by atoms with Crippen LogP contribution in [0.1, 0.15) is 42.2 Å². The highest BCUT2D eigenvalue weighted by molar-refractivity contribution is 5.94. The number of aromatic nitrogens is 1. The molecular formula is C20H25N3O2. The fraction of sp³-hybridized carbons (Fsp3) is 0.400. The molecule has 0 spiro atoms. The van der Waals surface area contributed by atoms with Gasteiger partial charge in [-0.2, -0.15) is 0 Å². The van der Waals surface area contributed by atoms with Gasteiger partial charge < -0.3 is 15.4 Å². The highest BCUT2D eigenvalue weighted by Crippen LogP contribution is 2.22. The summed E-state index contributed by atoms with van der Waals surface area (Å²) in [6, 6.07) is 13.2. The van der Waals surface area contributed by atoms with Crippen molar-refractivity contribution in [3.05, 3.63) is 59.9 Å². The predicted octanol–water partition coefficient (Wildman–Crippen LogP) is 3.00. The summed E-state index contributed by atoms with van der Waals surface area (Å²) in [6.45, 7) is 3.17. The van der Waals surface area contributed by atoms with E-state index in [1.165, 1.54) is 0 Å². The number of nitrogens with zero attached hydrogens (tertiary/aromatic N) is 2. The third-order valence-corrected chi connectivity index (χ3v) is 4.63. The van der Waals surface area contributed by atoms with Gasteiger partial charge in [0, 0.05) is 30.4 Å². The summed E-state index contributed by atoms with van der Waals surface area (Å²) in [7, 11) is 0. The number of carbonyl (C=O) groups excluding carboxylic acids is 1. The van der Waals surface area contributed by atoms with Gasteiger partial charge in [-0.15, -0.1) is 0 Å². The number of benzene rings is 1. The molecule has 0 radical (unpaired) electrons. The molecule has 0 saturated carbocycles. The van der Waals surface area contributed by atoms with Gasteiger partial charge in [-0.05, 0) is 62.6 Å². The van der Waals surface area contributed by atoms with Gasteiger partial charge in [-0.1, -0.05) is 6.07 Å². The lowest BCUT2D eigenvalue weighted by molar-refractivity contribution is 0.0584.